The van der Waals surface area contributed by atoms with Gasteiger partial charge in [-0.25, -0.2) is 22.8 Å². The largest absolute Gasteiger partial charge is 0.479 e. The summed E-state index contributed by atoms with van der Waals surface area (Å²) in [6.07, 6.45) is -1.37. The van der Waals surface area contributed by atoms with Crippen molar-refractivity contribution in [2.75, 3.05) is 6.54 Å². The Hall–Kier alpha value is -3.10. The number of aliphatic carboxylic acids is 1. The number of hydrogen-bond donors (Lipinski definition) is 1. The molecule has 31 heavy (non-hydrogen) atoms. The Morgan fingerprint density at radius 2 is 1.81 bits per heavy atom. The van der Waals surface area contributed by atoms with Crippen LogP contribution in [0.2, 0.25) is 0 Å². The molecule has 0 radical (unpaired) electrons. The number of amides is 1. The molecule has 0 unspecified atom stereocenters. The van der Waals surface area contributed by atoms with E-state index in [1.807, 2.05) is 0 Å². The molecule has 1 aliphatic rings. The number of alkyl halides is 2. The van der Waals surface area contributed by atoms with Gasteiger partial charge in [0.05, 0.1) is 18.4 Å². The lowest BCUT2D eigenvalue weighted by atomic mass is 9.87. The Morgan fingerprint density at radius 3 is 2.32 bits per heavy atom. The van der Waals surface area contributed by atoms with Crippen LogP contribution in [0.4, 0.5) is 18.0 Å². The van der Waals surface area contributed by atoms with Crippen molar-refractivity contribution in [3.8, 4) is 11.3 Å². The zero-order valence-electron chi connectivity index (χ0n) is 17.4. The summed E-state index contributed by atoms with van der Waals surface area (Å²) in [7, 11) is 0. The van der Waals surface area contributed by atoms with E-state index in [4.69, 9.17) is 4.74 Å². The van der Waals surface area contributed by atoms with Crippen LogP contribution in [0.1, 0.15) is 32.8 Å². The molecule has 1 atom stereocenters. The summed E-state index contributed by atoms with van der Waals surface area (Å²) in [5, 5.41) is 9.91. The van der Waals surface area contributed by atoms with Crippen LogP contribution in [-0.2, 0) is 16.0 Å². The first-order valence-electron chi connectivity index (χ1n) is 9.64. The lowest BCUT2D eigenvalue weighted by Gasteiger charge is -2.35. The third-order valence-electron chi connectivity index (χ3n) is 4.94. The van der Waals surface area contributed by atoms with Gasteiger partial charge in [-0.1, -0.05) is 24.3 Å². The van der Waals surface area contributed by atoms with Gasteiger partial charge in [0, 0.05) is 18.4 Å². The highest BCUT2D eigenvalue weighted by Crippen LogP contribution is 2.43. The summed E-state index contributed by atoms with van der Waals surface area (Å²) in [5.41, 5.74) is -1.53. The number of ether oxygens (including phenoxy) is 1. The van der Waals surface area contributed by atoms with Crippen molar-refractivity contribution in [2.45, 2.75) is 50.7 Å². The maximum atomic E-state index is 14.3. The van der Waals surface area contributed by atoms with E-state index in [1.54, 1.807) is 45.0 Å². The molecule has 3 rings (SSSR count). The quantitative estimate of drug-likeness (QED) is 0.762. The number of carboxylic acids is 1. The Balaban J connectivity index is 1.91. The van der Waals surface area contributed by atoms with Crippen molar-refractivity contribution < 1.29 is 32.6 Å². The average Bonchev–Trinajstić information content (AvgIpc) is 2.94. The van der Waals surface area contributed by atoms with Gasteiger partial charge in [-0.15, -0.1) is 0 Å². The van der Waals surface area contributed by atoms with Crippen LogP contribution in [0.5, 0.6) is 0 Å². The van der Waals surface area contributed by atoms with Crippen molar-refractivity contribution in [2.24, 2.45) is 0 Å². The lowest BCUT2D eigenvalue weighted by Crippen LogP contribution is -2.55. The van der Waals surface area contributed by atoms with Gasteiger partial charge >= 0.3 is 12.1 Å². The van der Waals surface area contributed by atoms with Crippen molar-refractivity contribution in [1.29, 1.82) is 0 Å². The Bertz CT molecular complexity index is 972. The predicted octanol–water partition coefficient (Wildman–Crippen LogP) is 4.53. The first kappa shape index (κ1) is 22.6. The van der Waals surface area contributed by atoms with E-state index in [9.17, 15) is 27.9 Å². The maximum absolute atomic E-state index is 14.3. The van der Waals surface area contributed by atoms with E-state index in [1.165, 1.54) is 12.1 Å². The van der Waals surface area contributed by atoms with Crippen LogP contribution < -0.4 is 0 Å². The van der Waals surface area contributed by atoms with Crippen molar-refractivity contribution >= 4 is 12.1 Å². The fourth-order valence-corrected chi connectivity index (χ4v) is 3.62. The summed E-state index contributed by atoms with van der Waals surface area (Å²) in [6.45, 7) is 3.68. The number of rotatable bonds is 4. The molecule has 2 aromatic rings. The summed E-state index contributed by atoms with van der Waals surface area (Å²) in [5.74, 6) is -5.37. The van der Waals surface area contributed by atoms with Gasteiger partial charge < -0.3 is 9.84 Å². The SMILES string of the molecule is CC(C)(C)OC(=O)N1CC(F)(F)C[C@@]1(Cc1ccc(-c2ccc(F)cn2)cc1)C(=O)O. The predicted molar refractivity (Wildman–Crippen MR) is 106 cm³/mol. The minimum atomic E-state index is -3.37. The Morgan fingerprint density at radius 1 is 1.16 bits per heavy atom. The highest BCUT2D eigenvalue weighted by atomic mass is 19.3. The van der Waals surface area contributed by atoms with Crippen LogP contribution >= 0.6 is 0 Å². The second kappa shape index (κ2) is 7.86. The number of carbonyl (C=O) groups is 2. The average molecular weight is 436 g/mol. The van der Waals surface area contributed by atoms with Crippen molar-refractivity contribution in [3.63, 3.8) is 0 Å². The molecular weight excluding hydrogens is 413 g/mol. The molecule has 0 bridgehead atoms. The zero-order chi connectivity index (χ0) is 23.0. The molecule has 1 amide bonds. The molecule has 1 aromatic carbocycles. The molecule has 1 aliphatic heterocycles. The number of likely N-dealkylation sites (tertiary alicyclic amines) is 1. The second-order valence-electron chi connectivity index (χ2n) is 8.67. The zero-order valence-corrected chi connectivity index (χ0v) is 17.4. The molecule has 0 spiro atoms. The number of aromatic nitrogens is 1. The molecular formula is C22H23F3N2O4. The number of hydrogen-bond acceptors (Lipinski definition) is 4. The molecule has 2 heterocycles. The second-order valence-corrected chi connectivity index (χ2v) is 8.67. The lowest BCUT2D eigenvalue weighted by molar-refractivity contribution is -0.149. The van der Waals surface area contributed by atoms with Gasteiger partial charge in [0.15, 0.2) is 5.54 Å². The van der Waals surface area contributed by atoms with Crippen LogP contribution in [-0.4, -0.2) is 50.7 Å². The number of halogens is 3. The third-order valence-corrected chi connectivity index (χ3v) is 4.94. The minimum absolute atomic E-state index is 0.325. The summed E-state index contributed by atoms with van der Waals surface area (Å²) < 4.78 is 46.9. The molecule has 1 N–H and O–H groups in total. The summed E-state index contributed by atoms with van der Waals surface area (Å²) in [6, 6.07) is 9.18. The molecule has 0 aliphatic carbocycles. The molecule has 6 nitrogen and oxygen atoms in total. The third kappa shape index (κ3) is 4.98. The van der Waals surface area contributed by atoms with Crippen LogP contribution in [0.15, 0.2) is 42.6 Å². The normalized spacial score (nSPS) is 20.5. The summed E-state index contributed by atoms with van der Waals surface area (Å²) in [4.78, 5) is 29.4. The van der Waals surface area contributed by atoms with Crippen LogP contribution in [0.25, 0.3) is 11.3 Å². The van der Waals surface area contributed by atoms with E-state index in [2.05, 4.69) is 4.98 Å². The Labute approximate surface area is 177 Å². The number of carbonyl (C=O) groups excluding carboxylic acids is 1. The smallest absolute Gasteiger partial charge is 0.411 e. The fourth-order valence-electron chi connectivity index (χ4n) is 3.62. The summed E-state index contributed by atoms with van der Waals surface area (Å²) >= 11 is 0. The van der Waals surface area contributed by atoms with E-state index in [-0.39, 0.29) is 6.42 Å². The monoisotopic (exact) mass is 436 g/mol. The topological polar surface area (TPSA) is 79.7 Å². The van der Waals surface area contributed by atoms with Crippen LogP contribution in [0.3, 0.4) is 0 Å². The number of pyridine rings is 1. The maximum Gasteiger partial charge on any atom is 0.411 e. The molecule has 0 saturated carbocycles. The molecule has 1 fully saturated rings. The van der Waals surface area contributed by atoms with Gasteiger partial charge in [-0.3, -0.25) is 9.88 Å². The van der Waals surface area contributed by atoms with Crippen LogP contribution in [0, 0.1) is 5.82 Å². The van der Waals surface area contributed by atoms with E-state index in [0.717, 1.165) is 6.20 Å². The number of carboxylic acid groups (broad SMARTS) is 1. The van der Waals surface area contributed by atoms with E-state index in [0.29, 0.717) is 21.7 Å². The molecule has 1 aromatic heterocycles. The van der Waals surface area contributed by atoms with Gasteiger partial charge in [0.2, 0.25) is 0 Å². The highest BCUT2D eigenvalue weighted by Gasteiger charge is 2.61. The highest BCUT2D eigenvalue weighted by molar-refractivity contribution is 5.86. The minimum Gasteiger partial charge on any atom is -0.479 e. The van der Waals surface area contributed by atoms with Gasteiger partial charge in [-0.05, 0) is 38.5 Å². The van der Waals surface area contributed by atoms with E-state index < -0.39 is 47.9 Å². The fraction of sp³-hybridized carbons (Fsp3) is 0.409. The number of nitrogens with zero attached hydrogens (tertiary/aromatic N) is 2. The first-order chi connectivity index (χ1) is 14.3. The molecule has 9 heteroatoms. The van der Waals surface area contributed by atoms with Crippen molar-refractivity contribution in [1.82, 2.24) is 9.88 Å². The van der Waals surface area contributed by atoms with E-state index >= 15 is 0 Å². The van der Waals surface area contributed by atoms with Gasteiger partial charge in [-0.2, -0.15) is 0 Å². The molecule has 1 saturated heterocycles. The standard InChI is InChI=1S/C22H23F3N2O4/c1-20(2,3)31-19(30)27-13-22(24,25)12-21(27,18(28)29)10-14-4-6-15(7-5-14)17-9-8-16(23)11-26-17/h4-9,11H,10,12-13H2,1-3H3,(H,28,29)/t21-/m0/s1. The Kier molecular flexibility index (Phi) is 5.73. The van der Waals surface area contributed by atoms with Crippen molar-refractivity contribution in [3.05, 3.63) is 54.0 Å². The van der Waals surface area contributed by atoms with Gasteiger partial charge in [0.1, 0.15) is 11.4 Å². The first-order valence-corrected chi connectivity index (χ1v) is 9.64. The van der Waals surface area contributed by atoms with Gasteiger partial charge in [0.25, 0.3) is 5.92 Å². The molecule has 166 valence electrons. The number of benzene rings is 1.